The van der Waals surface area contributed by atoms with Crippen molar-refractivity contribution >= 4 is 0 Å². The summed E-state index contributed by atoms with van der Waals surface area (Å²) in [7, 11) is 0. The zero-order valence-electron chi connectivity index (χ0n) is 10.9. The summed E-state index contributed by atoms with van der Waals surface area (Å²) in [6, 6.07) is 4.31. The summed E-state index contributed by atoms with van der Waals surface area (Å²) >= 11 is 0. The van der Waals surface area contributed by atoms with E-state index in [4.69, 9.17) is 0 Å². The molecule has 1 aliphatic rings. The lowest BCUT2D eigenvalue weighted by atomic mass is 9.91. The van der Waals surface area contributed by atoms with Gasteiger partial charge in [-0.25, -0.2) is 8.78 Å². The van der Waals surface area contributed by atoms with Crippen LogP contribution >= 0.6 is 0 Å². The van der Waals surface area contributed by atoms with Crippen molar-refractivity contribution in [1.82, 2.24) is 5.32 Å². The minimum Gasteiger partial charge on any atom is -0.314 e. The molecule has 0 heterocycles. The predicted octanol–water partition coefficient (Wildman–Crippen LogP) is 3.68. The summed E-state index contributed by atoms with van der Waals surface area (Å²) in [4.78, 5) is 0. The van der Waals surface area contributed by atoms with E-state index in [1.54, 1.807) is 0 Å². The van der Waals surface area contributed by atoms with Crippen LogP contribution in [0, 0.1) is 17.6 Å². The molecule has 0 spiro atoms. The zero-order valence-corrected chi connectivity index (χ0v) is 10.9. The number of rotatable bonds is 5. The molecular formula is C15H21F2N. The van der Waals surface area contributed by atoms with Gasteiger partial charge in [0.25, 0.3) is 0 Å². The Balaban J connectivity index is 2.12. The van der Waals surface area contributed by atoms with E-state index in [1.807, 2.05) is 6.92 Å². The summed E-state index contributed by atoms with van der Waals surface area (Å²) in [5.74, 6) is -0.282. The van der Waals surface area contributed by atoms with Crippen LogP contribution < -0.4 is 5.32 Å². The van der Waals surface area contributed by atoms with Gasteiger partial charge < -0.3 is 5.32 Å². The van der Waals surface area contributed by atoms with Crippen molar-refractivity contribution in [1.29, 1.82) is 0 Å². The number of hydrogen-bond donors (Lipinski definition) is 1. The molecule has 0 aromatic heterocycles. The SMILES string of the molecule is CCNC(Cc1c(F)cccc1F)C1CCCC1. The highest BCUT2D eigenvalue weighted by Crippen LogP contribution is 2.30. The molecule has 1 N–H and O–H groups in total. The molecule has 18 heavy (non-hydrogen) atoms. The van der Waals surface area contributed by atoms with Crippen molar-refractivity contribution in [3.8, 4) is 0 Å². The smallest absolute Gasteiger partial charge is 0.129 e. The summed E-state index contributed by atoms with van der Waals surface area (Å²) < 4.78 is 27.3. The van der Waals surface area contributed by atoms with Crippen molar-refractivity contribution in [2.45, 2.75) is 45.1 Å². The summed E-state index contributed by atoms with van der Waals surface area (Å²) in [5.41, 5.74) is 0.232. The molecule has 0 amide bonds. The Labute approximate surface area is 108 Å². The molecule has 2 rings (SSSR count). The number of benzene rings is 1. The second kappa shape index (κ2) is 6.28. The van der Waals surface area contributed by atoms with Crippen LogP contribution in [0.2, 0.25) is 0 Å². The van der Waals surface area contributed by atoms with E-state index in [-0.39, 0.29) is 11.6 Å². The topological polar surface area (TPSA) is 12.0 Å². The fourth-order valence-electron chi connectivity index (χ4n) is 2.97. The normalized spacial score (nSPS) is 18.2. The van der Waals surface area contributed by atoms with E-state index < -0.39 is 11.6 Å². The van der Waals surface area contributed by atoms with E-state index in [0.29, 0.717) is 12.3 Å². The summed E-state index contributed by atoms with van der Waals surface area (Å²) in [6.45, 7) is 2.89. The van der Waals surface area contributed by atoms with Crippen LogP contribution in [-0.4, -0.2) is 12.6 Å². The first-order valence-electron chi connectivity index (χ1n) is 6.88. The number of nitrogens with one attached hydrogen (secondary N) is 1. The third kappa shape index (κ3) is 3.08. The number of likely N-dealkylation sites (N-methyl/N-ethyl adjacent to an activating group) is 1. The largest absolute Gasteiger partial charge is 0.314 e. The molecule has 1 aromatic carbocycles. The minimum absolute atomic E-state index is 0.198. The van der Waals surface area contributed by atoms with Crippen molar-refractivity contribution in [3.63, 3.8) is 0 Å². The van der Waals surface area contributed by atoms with Gasteiger partial charge in [0.15, 0.2) is 0 Å². The second-order valence-corrected chi connectivity index (χ2v) is 5.11. The highest BCUT2D eigenvalue weighted by atomic mass is 19.1. The lowest BCUT2D eigenvalue weighted by molar-refractivity contribution is 0.354. The van der Waals surface area contributed by atoms with Gasteiger partial charge in [-0.05, 0) is 43.9 Å². The van der Waals surface area contributed by atoms with Gasteiger partial charge in [0.2, 0.25) is 0 Å². The second-order valence-electron chi connectivity index (χ2n) is 5.11. The first kappa shape index (κ1) is 13.5. The Morgan fingerprint density at radius 3 is 2.39 bits per heavy atom. The maximum Gasteiger partial charge on any atom is 0.129 e. The van der Waals surface area contributed by atoms with Crippen LogP contribution in [0.4, 0.5) is 8.78 Å². The van der Waals surface area contributed by atoms with E-state index in [1.165, 1.54) is 43.9 Å². The van der Waals surface area contributed by atoms with Crippen LogP contribution in [-0.2, 0) is 6.42 Å². The maximum atomic E-state index is 13.7. The molecule has 1 aliphatic carbocycles. The van der Waals surface area contributed by atoms with Crippen molar-refractivity contribution < 1.29 is 8.78 Å². The molecule has 1 saturated carbocycles. The first-order valence-corrected chi connectivity index (χ1v) is 6.88. The number of halogens is 2. The Kier molecular flexibility index (Phi) is 4.70. The first-order chi connectivity index (χ1) is 8.72. The molecule has 0 aliphatic heterocycles. The van der Waals surface area contributed by atoms with Crippen LogP contribution in [0.25, 0.3) is 0 Å². The van der Waals surface area contributed by atoms with Crippen LogP contribution in [0.15, 0.2) is 18.2 Å². The van der Waals surface area contributed by atoms with Gasteiger partial charge in [-0.3, -0.25) is 0 Å². The van der Waals surface area contributed by atoms with Crippen LogP contribution in [0.3, 0.4) is 0 Å². The molecule has 0 saturated heterocycles. The zero-order chi connectivity index (χ0) is 13.0. The van der Waals surface area contributed by atoms with Gasteiger partial charge in [-0.1, -0.05) is 25.8 Å². The quantitative estimate of drug-likeness (QED) is 0.844. The Hall–Kier alpha value is -0.960. The highest BCUT2D eigenvalue weighted by Gasteiger charge is 2.26. The van der Waals surface area contributed by atoms with E-state index in [0.717, 1.165) is 6.54 Å². The van der Waals surface area contributed by atoms with Gasteiger partial charge in [-0.15, -0.1) is 0 Å². The van der Waals surface area contributed by atoms with Gasteiger partial charge in [0.1, 0.15) is 11.6 Å². The molecule has 0 radical (unpaired) electrons. The van der Waals surface area contributed by atoms with Gasteiger partial charge >= 0.3 is 0 Å². The van der Waals surface area contributed by atoms with Crippen molar-refractivity contribution in [2.24, 2.45) is 5.92 Å². The van der Waals surface area contributed by atoms with E-state index >= 15 is 0 Å². The molecule has 1 unspecified atom stereocenters. The van der Waals surface area contributed by atoms with E-state index in [2.05, 4.69) is 5.32 Å². The number of hydrogen-bond acceptors (Lipinski definition) is 1. The third-order valence-corrected chi connectivity index (χ3v) is 3.92. The Morgan fingerprint density at radius 2 is 1.83 bits per heavy atom. The Bertz CT molecular complexity index is 366. The molecule has 1 nitrogen and oxygen atoms in total. The van der Waals surface area contributed by atoms with Crippen molar-refractivity contribution in [3.05, 3.63) is 35.4 Å². The molecular weight excluding hydrogens is 232 g/mol. The average Bonchev–Trinajstić information content (AvgIpc) is 2.86. The van der Waals surface area contributed by atoms with Gasteiger partial charge in [-0.2, -0.15) is 0 Å². The highest BCUT2D eigenvalue weighted by molar-refractivity contribution is 5.21. The lowest BCUT2D eigenvalue weighted by Gasteiger charge is -2.24. The average molecular weight is 253 g/mol. The third-order valence-electron chi connectivity index (χ3n) is 3.92. The lowest BCUT2D eigenvalue weighted by Crippen LogP contribution is -2.37. The monoisotopic (exact) mass is 253 g/mol. The van der Waals surface area contributed by atoms with Gasteiger partial charge in [0, 0.05) is 11.6 Å². The van der Waals surface area contributed by atoms with Crippen molar-refractivity contribution in [2.75, 3.05) is 6.54 Å². The van der Waals surface area contributed by atoms with Crippen LogP contribution in [0.5, 0.6) is 0 Å². The van der Waals surface area contributed by atoms with E-state index in [9.17, 15) is 8.78 Å². The fourth-order valence-corrected chi connectivity index (χ4v) is 2.97. The minimum atomic E-state index is -0.420. The maximum absolute atomic E-state index is 13.7. The molecule has 1 aromatic rings. The van der Waals surface area contributed by atoms with Crippen LogP contribution in [0.1, 0.15) is 38.2 Å². The molecule has 1 fully saturated rings. The predicted molar refractivity (Wildman–Crippen MR) is 69.5 cm³/mol. The summed E-state index contributed by atoms with van der Waals surface area (Å²) in [6.07, 6.45) is 5.29. The molecule has 1 atom stereocenters. The fraction of sp³-hybridized carbons (Fsp3) is 0.600. The van der Waals surface area contributed by atoms with Gasteiger partial charge in [0.05, 0.1) is 0 Å². The Morgan fingerprint density at radius 1 is 1.22 bits per heavy atom. The molecule has 3 heteroatoms. The molecule has 0 bridgehead atoms. The summed E-state index contributed by atoms with van der Waals surface area (Å²) in [5, 5.41) is 3.39. The standard InChI is InChI=1S/C15H21F2N/c1-2-18-15(11-6-3-4-7-11)10-12-13(16)8-5-9-14(12)17/h5,8-9,11,15,18H,2-4,6-7,10H2,1H3. The molecule has 100 valence electrons.